The first-order valence-corrected chi connectivity index (χ1v) is 17.8. The number of aryl methyl sites for hydroxylation is 2. The number of rotatable bonds is 20. The van der Waals surface area contributed by atoms with Crippen LogP contribution in [0.15, 0.2) is 24.3 Å². The number of carbonyl (C=O) groups excluding carboxylic acids is 4. The Labute approximate surface area is 346 Å². The van der Waals surface area contributed by atoms with Gasteiger partial charge in [0.2, 0.25) is 0 Å². The predicted molar refractivity (Wildman–Crippen MR) is 196 cm³/mol. The summed E-state index contributed by atoms with van der Waals surface area (Å²) < 4.78 is 0. The summed E-state index contributed by atoms with van der Waals surface area (Å²) in [6, 6.07) is 4.06. The Bertz CT molecular complexity index is 1340. The molecule has 14 nitrogen and oxygen atoms in total. The van der Waals surface area contributed by atoms with Crippen LogP contribution >= 0.6 is 0 Å². The fraction of sp³-hybridized carbons (Fsp3) is 0.632. The van der Waals surface area contributed by atoms with E-state index in [1.54, 1.807) is 14.7 Å². The Balaban J connectivity index is 0.0000135. The second-order valence-electron chi connectivity index (χ2n) is 13.7. The minimum absolute atomic E-state index is 0. The number of ketones is 3. The molecule has 0 bridgehead atoms. The van der Waals surface area contributed by atoms with Gasteiger partial charge in [-0.25, -0.2) is 0 Å². The van der Waals surface area contributed by atoms with Crippen molar-refractivity contribution in [1.29, 1.82) is 0 Å². The van der Waals surface area contributed by atoms with Gasteiger partial charge >= 0.3 is 17.9 Å². The van der Waals surface area contributed by atoms with Crippen molar-refractivity contribution >= 4 is 41.5 Å². The summed E-state index contributed by atoms with van der Waals surface area (Å²) in [5, 5.41) is 31.0. The number of carbonyl (C=O) groups is 7. The fourth-order valence-corrected chi connectivity index (χ4v) is 6.55. The Morgan fingerprint density at radius 2 is 0.906 bits per heavy atom. The first-order valence-electron chi connectivity index (χ1n) is 17.8. The van der Waals surface area contributed by atoms with Gasteiger partial charge in [-0.15, -0.1) is 0 Å². The number of hydrogen-bond acceptors (Lipinski definition) is 11. The quantitative estimate of drug-likeness (QED) is 0.128. The van der Waals surface area contributed by atoms with Crippen LogP contribution < -0.4 is 0 Å². The van der Waals surface area contributed by atoms with Gasteiger partial charge in [-0.3, -0.25) is 34.0 Å². The van der Waals surface area contributed by atoms with Crippen LogP contribution in [0.4, 0.5) is 0 Å². The number of aldehydes is 1. The molecule has 1 aliphatic rings. The van der Waals surface area contributed by atoms with E-state index in [0.717, 1.165) is 17.4 Å². The standard InChI is InChI=1S/C37H56N4O10.CH3.Gd/c1-26-5-10-30(11-6-26)12-16-34(37(50)51)40-20-18-38(31(25-42)13-7-27(2)43)17-19-39(32(35(46)47)14-8-28(3)44)21-23-41(24-22-40)33(36(48)49)15-9-29(4)45;;/h5-6,10-11,25,31-34H,7-9,12-24H2,1-4H3,(H,46,47)(H,48,49)(H,50,51);1H3;/q;-1;. The molecule has 2 rings (SSSR count). The summed E-state index contributed by atoms with van der Waals surface area (Å²) in [5.41, 5.74) is 2.05. The smallest absolute Gasteiger partial charge is 0.320 e. The van der Waals surface area contributed by atoms with E-state index in [-0.39, 0.29) is 162 Å². The minimum atomic E-state index is -1.15. The van der Waals surface area contributed by atoms with Crippen LogP contribution in [0.1, 0.15) is 76.8 Å². The number of nitrogens with zero attached hydrogens (tertiary/aromatic N) is 4. The van der Waals surface area contributed by atoms with Gasteiger partial charge in [-0.05, 0) is 65.4 Å². The van der Waals surface area contributed by atoms with Crippen molar-refractivity contribution in [3.8, 4) is 0 Å². The monoisotopic (exact) mass is 889 g/mol. The number of benzene rings is 1. The SMILES string of the molecule is CC(=O)CCC(C=O)N1CCN(C(CCC(C)=O)C(=O)O)CCN(C(CCC(C)=O)C(=O)O)CCN(C(CCc2ccc(C)cc2)C(=O)O)CC1.[CH3-].[Gd]. The molecule has 0 saturated carbocycles. The van der Waals surface area contributed by atoms with E-state index in [2.05, 4.69) is 0 Å². The molecule has 1 heterocycles. The molecule has 300 valence electrons. The summed E-state index contributed by atoms with van der Waals surface area (Å²) in [5.74, 6) is -3.76. The molecule has 1 aromatic rings. The fourth-order valence-electron chi connectivity index (χ4n) is 6.55. The zero-order valence-electron chi connectivity index (χ0n) is 31.9. The van der Waals surface area contributed by atoms with Gasteiger partial charge in [0.1, 0.15) is 41.8 Å². The number of carboxylic acids is 3. The molecule has 4 unspecified atom stereocenters. The molecule has 0 radical (unpaired) electrons. The summed E-state index contributed by atoms with van der Waals surface area (Å²) in [7, 11) is 0. The van der Waals surface area contributed by atoms with Crippen LogP contribution in [0.3, 0.4) is 0 Å². The molecule has 0 aliphatic carbocycles. The van der Waals surface area contributed by atoms with E-state index < -0.39 is 42.1 Å². The number of hydrogen-bond donors (Lipinski definition) is 3. The molecule has 1 saturated heterocycles. The van der Waals surface area contributed by atoms with Crippen LogP contribution in [-0.4, -0.2) is 153 Å². The maximum absolute atomic E-state index is 12.8. The van der Waals surface area contributed by atoms with Crippen molar-refractivity contribution < 1.29 is 88.8 Å². The van der Waals surface area contributed by atoms with E-state index in [1.165, 1.54) is 20.8 Å². The maximum atomic E-state index is 12.8. The van der Waals surface area contributed by atoms with E-state index in [4.69, 9.17) is 0 Å². The average Bonchev–Trinajstić information content (AvgIpc) is 3.04. The Hall–Kier alpha value is -2.53. The average molecular weight is 889 g/mol. The third kappa shape index (κ3) is 18.6. The zero-order valence-corrected chi connectivity index (χ0v) is 34.1. The number of aliphatic carboxylic acids is 3. The van der Waals surface area contributed by atoms with Crippen molar-refractivity contribution in [2.45, 2.75) is 103 Å². The Kier molecular flexibility index (Phi) is 25.1. The Morgan fingerprint density at radius 3 is 1.23 bits per heavy atom. The van der Waals surface area contributed by atoms with E-state index in [1.807, 2.05) is 36.1 Å². The topological polar surface area (TPSA) is 193 Å². The largest absolute Gasteiger partial charge is 0.480 e. The molecule has 1 aliphatic heterocycles. The molecule has 15 heteroatoms. The van der Waals surface area contributed by atoms with Gasteiger partial charge in [0, 0.05) is 112 Å². The molecular weight excluding hydrogens is 830 g/mol. The third-order valence-corrected chi connectivity index (χ3v) is 9.66. The van der Waals surface area contributed by atoms with Crippen LogP contribution in [-0.2, 0) is 40.0 Å². The number of carboxylic acid groups (broad SMARTS) is 3. The van der Waals surface area contributed by atoms with Crippen LogP contribution in [0.2, 0.25) is 0 Å². The Morgan fingerprint density at radius 1 is 0.585 bits per heavy atom. The summed E-state index contributed by atoms with van der Waals surface area (Å²) in [4.78, 5) is 92.9. The van der Waals surface area contributed by atoms with Crippen LogP contribution in [0, 0.1) is 54.3 Å². The van der Waals surface area contributed by atoms with Crippen molar-refractivity contribution in [3.63, 3.8) is 0 Å². The normalized spacial score (nSPS) is 17.7. The van der Waals surface area contributed by atoms with Gasteiger partial charge < -0.3 is 41.9 Å². The first kappa shape index (κ1) is 50.5. The van der Waals surface area contributed by atoms with Gasteiger partial charge in [-0.1, -0.05) is 29.8 Å². The molecule has 0 aromatic heterocycles. The van der Waals surface area contributed by atoms with E-state index >= 15 is 0 Å². The van der Waals surface area contributed by atoms with Gasteiger partial charge in [0.05, 0.1) is 6.04 Å². The van der Waals surface area contributed by atoms with Crippen molar-refractivity contribution in [2.75, 3.05) is 52.4 Å². The van der Waals surface area contributed by atoms with Gasteiger partial charge in [0.25, 0.3) is 0 Å². The molecule has 0 spiro atoms. The maximum Gasteiger partial charge on any atom is 0.320 e. The molecule has 1 fully saturated rings. The molecule has 1 aromatic carbocycles. The van der Waals surface area contributed by atoms with E-state index in [0.29, 0.717) is 6.42 Å². The molecule has 0 amide bonds. The second-order valence-corrected chi connectivity index (χ2v) is 13.7. The summed E-state index contributed by atoms with van der Waals surface area (Å²) in [6.07, 6.45) is 2.03. The molecule has 53 heavy (non-hydrogen) atoms. The van der Waals surface area contributed by atoms with Crippen molar-refractivity contribution in [1.82, 2.24) is 19.6 Å². The van der Waals surface area contributed by atoms with Gasteiger partial charge in [-0.2, -0.15) is 0 Å². The molecule has 4 atom stereocenters. The van der Waals surface area contributed by atoms with Crippen LogP contribution in [0.5, 0.6) is 0 Å². The van der Waals surface area contributed by atoms with E-state index in [9.17, 15) is 48.9 Å². The minimum Gasteiger partial charge on any atom is -0.480 e. The molecular formula is C38H59GdN4O10-. The first-order chi connectivity index (χ1) is 24.1. The second kappa shape index (κ2) is 26.3. The summed E-state index contributed by atoms with van der Waals surface area (Å²) >= 11 is 0. The summed E-state index contributed by atoms with van der Waals surface area (Å²) in [6.45, 7) is 7.39. The molecule has 3 N–H and O–H groups in total. The van der Waals surface area contributed by atoms with Crippen molar-refractivity contribution in [3.05, 3.63) is 42.8 Å². The predicted octanol–water partition coefficient (Wildman–Crippen LogP) is 2.63. The van der Waals surface area contributed by atoms with Gasteiger partial charge in [0.15, 0.2) is 0 Å². The number of Topliss-reactive ketones (excluding diaryl/α,β-unsaturated/α-hetero) is 3. The zero-order chi connectivity index (χ0) is 38.1. The third-order valence-electron chi connectivity index (χ3n) is 9.66. The van der Waals surface area contributed by atoms with Crippen LogP contribution in [0.25, 0.3) is 0 Å². The van der Waals surface area contributed by atoms with Crippen molar-refractivity contribution in [2.24, 2.45) is 0 Å².